The number of rotatable bonds is 6. The largest absolute Gasteiger partial charge is 0.335 e. The quantitative estimate of drug-likeness (QED) is 0.830. The molecule has 1 atom stereocenters. The normalized spacial score (nSPS) is 12.8. The van der Waals surface area contributed by atoms with Crippen molar-refractivity contribution in [3.63, 3.8) is 0 Å². The second kappa shape index (κ2) is 8.98. The van der Waals surface area contributed by atoms with E-state index in [0.717, 1.165) is 6.42 Å². The Hall–Kier alpha value is -1.30. The number of nitrogens with zero attached hydrogens (tertiary/aromatic N) is 1. The van der Waals surface area contributed by atoms with Gasteiger partial charge in [-0.05, 0) is 31.5 Å². The standard InChI is InChI=1S/C15H22ClN3O2.ClH/c1-4-8-15(2,17)14(21)19(3)10-13(20)18-12-7-5-6-11(16)9-12;/h5-7,9H,4,8,10,17H2,1-3H3,(H,18,20);1H. The number of amides is 2. The highest BCUT2D eigenvalue weighted by molar-refractivity contribution is 6.30. The highest BCUT2D eigenvalue weighted by Gasteiger charge is 2.30. The zero-order chi connectivity index (χ0) is 16.0. The van der Waals surface area contributed by atoms with Crippen LogP contribution in [0.4, 0.5) is 5.69 Å². The molecule has 124 valence electrons. The van der Waals surface area contributed by atoms with Gasteiger partial charge in [0.15, 0.2) is 0 Å². The summed E-state index contributed by atoms with van der Waals surface area (Å²) in [5, 5.41) is 3.23. The Morgan fingerprint density at radius 1 is 1.41 bits per heavy atom. The van der Waals surface area contributed by atoms with Crippen molar-refractivity contribution >= 4 is 41.5 Å². The summed E-state index contributed by atoms with van der Waals surface area (Å²) in [6.07, 6.45) is 1.38. The van der Waals surface area contributed by atoms with Gasteiger partial charge in [0, 0.05) is 17.8 Å². The van der Waals surface area contributed by atoms with Crippen molar-refractivity contribution in [2.24, 2.45) is 5.73 Å². The molecule has 0 aliphatic rings. The van der Waals surface area contributed by atoms with Crippen LogP contribution in [0.5, 0.6) is 0 Å². The molecule has 0 saturated heterocycles. The van der Waals surface area contributed by atoms with Gasteiger partial charge in [-0.3, -0.25) is 9.59 Å². The zero-order valence-electron chi connectivity index (χ0n) is 13.1. The van der Waals surface area contributed by atoms with Crippen molar-refractivity contribution in [2.75, 3.05) is 18.9 Å². The molecule has 7 heteroatoms. The Labute approximate surface area is 142 Å². The molecule has 0 aliphatic carbocycles. The van der Waals surface area contributed by atoms with Crippen LogP contribution in [-0.4, -0.2) is 35.8 Å². The number of carbonyl (C=O) groups is 2. The van der Waals surface area contributed by atoms with E-state index in [-0.39, 0.29) is 30.8 Å². The summed E-state index contributed by atoms with van der Waals surface area (Å²) >= 11 is 5.85. The van der Waals surface area contributed by atoms with Gasteiger partial charge in [-0.1, -0.05) is 31.0 Å². The SMILES string of the molecule is CCCC(C)(N)C(=O)N(C)CC(=O)Nc1cccc(Cl)c1.Cl. The Balaban J connectivity index is 0.00000441. The highest BCUT2D eigenvalue weighted by atomic mass is 35.5. The summed E-state index contributed by atoms with van der Waals surface area (Å²) in [6.45, 7) is 3.59. The first-order chi connectivity index (χ1) is 9.76. The first-order valence-corrected chi connectivity index (χ1v) is 7.24. The van der Waals surface area contributed by atoms with Crippen molar-refractivity contribution in [3.05, 3.63) is 29.3 Å². The van der Waals surface area contributed by atoms with Gasteiger partial charge < -0.3 is 16.0 Å². The van der Waals surface area contributed by atoms with E-state index in [9.17, 15) is 9.59 Å². The third-order valence-electron chi connectivity index (χ3n) is 3.09. The first kappa shape index (κ1) is 20.7. The highest BCUT2D eigenvalue weighted by Crippen LogP contribution is 2.15. The van der Waals surface area contributed by atoms with Gasteiger partial charge in [0.25, 0.3) is 0 Å². The van der Waals surface area contributed by atoms with Crippen LogP contribution >= 0.6 is 24.0 Å². The molecule has 1 aromatic carbocycles. The molecule has 22 heavy (non-hydrogen) atoms. The summed E-state index contributed by atoms with van der Waals surface area (Å²) in [7, 11) is 1.57. The fourth-order valence-corrected chi connectivity index (χ4v) is 2.31. The number of hydrogen-bond donors (Lipinski definition) is 2. The zero-order valence-corrected chi connectivity index (χ0v) is 14.6. The van der Waals surface area contributed by atoms with Gasteiger partial charge in [0.2, 0.25) is 11.8 Å². The van der Waals surface area contributed by atoms with E-state index in [1.54, 1.807) is 38.2 Å². The fourth-order valence-electron chi connectivity index (χ4n) is 2.12. The number of hydrogen-bond acceptors (Lipinski definition) is 3. The van der Waals surface area contributed by atoms with Crippen molar-refractivity contribution in [3.8, 4) is 0 Å². The second-order valence-corrected chi connectivity index (χ2v) is 5.82. The predicted octanol–water partition coefficient (Wildman–Crippen LogP) is 2.68. The third-order valence-corrected chi connectivity index (χ3v) is 3.33. The number of anilines is 1. The Kier molecular flexibility index (Phi) is 8.45. The lowest BCUT2D eigenvalue weighted by atomic mass is 9.96. The molecule has 0 heterocycles. The van der Waals surface area contributed by atoms with E-state index < -0.39 is 5.54 Å². The van der Waals surface area contributed by atoms with E-state index in [1.807, 2.05) is 6.92 Å². The van der Waals surface area contributed by atoms with Gasteiger partial charge in [-0.2, -0.15) is 0 Å². The molecular weight excluding hydrogens is 325 g/mol. The summed E-state index contributed by atoms with van der Waals surface area (Å²) in [5.74, 6) is -0.536. The minimum absolute atomic E-state index is 0. The van der Waals surface area contributed by atoms with E-state index in [0.29, 0.717) is 17.1 Å². The Morgan fingerprint density at radius 3 is 2.59 bits per heavy atom. The van der Waals surface area contributed by atoms with Crippen LogP contribution in [0, 0.1) is 0 Å². The van der Waals surface area contributed by atoms with Gasteiger partial charge in [-0.25, -0.2) is 0 Å². The number of nitrogens with two attached hydrogens (primary N) is 1. The predicted molar refractivity (Wildman–Crippen MR) is 92.5 cm³/mol. The number of halogens is 2. The molecule has 0 fully saturated rings. The Morgan fingerprint density at radius 2 is 2.05 bits per heavy atom. The lowest BCUT2D eigenvalue weighted by Crippen LogP contribution is -2.53. The number of nitrogens with one attached hydrogen (secondary N) is 1. The Bertz CT molecular complexity index is 521. The minimum Gasteiger partial charge on any atom is -0.335 e. The molecule has 0 radical (unpaired) electrons. The van der Waals surface area contributed by atoms with Crippen LogP contribution in [0.1, 0.15) is 26.7 Å². The smallest absolute Gasteiger partial charge is 0.243 e. The van der Waals surface area contributed by atoms with Crippen molar-refractivity contribution < 1.29 is 9.59 Å². The fraction of sp³-hybridized carbons (Fsp3) is 0.467. The summed E-state index contributed by atoms with van der Waals surface area (Å²) in [5.41, 5.74) is 5.63. The molecule has 0 saturated carbocycles. The number of benzene rings is 1. The monoisotopic (exact) mass is 347 g/mol. The lowest BCUT2D eigenvalue weighted by molar-refractivity contribution is -0.137. The van der Waals surface area contributed by atoms with E-state index in [1.165, 1.54) is 4.90 Å². The minimum atomic E-state index is -0.945. The van der Waals surface area contributed by atoms with Gasteiger partial charge in [0.1, 0.15) is 0 Å². The van der Waals surface area contributed by atoms with Crippen LogP contribution in [0.3, 0.4) is 0 Å². The maximum atomic E-state index is 12.2. The van der Waals surface area contributed by atoms with Crippen LogP contribution in [0.2, 0.25) is 5.02 Å². The molecule has 1 unspecified atom stereocenters. The van der Waals surface area contributed by atoms with Crippen LogP contribution in [-0.2, 0) is 9.59 Å². The average Bonchev–Trinajstić information content (AvgIpc) is 2.37. The maximum absolute atomic E-state index is 12.2. The van der Waals surface area contributed by atoms with E-state index >= 15 is 0 Å². The molecule has 0 spiro atoms. The summed E-state index contributed by atoms with van der Waals surface area (Å²) in [4.78, 5) is 25.5. The average molecular weight is 348 g/mol. The molecule has 1 rings (SSSR count). The lowest BCUT2D eigenvalue weighted by Gasteiger charge is -2.28. The molecule has 1 aromatic rings. The third kappa shape index (κ3) is 6.22. The van der Waals surface area contributed by atoms with Gasteiger partial charge >= 0.3 is 0 Å². The molecule has 5 nitrogen and oxygen atoms in total. The van der Waals surface area contributed by atoms with E-state index in [2.05, 4.69) is 5.32 Å². The number of carbonyl (C=O) groups excluding carboxylic acids is 2. The van der Waals surface area contributed by atoms with Crippen LogP contribution in [0.25, 0.3) is 0 Å². The maximum Gasteiger partial charge on any atom is 0.243 e. The van der Waals surface area contributed by atoms with Gasteiger partial charge in [-0.15, -0.1) is 12.4 Å². The van der Waals surface area contributed by atoms with Crippen molar-refractivity contribution in [1.29, 1.82) is 0 Å². The molecule has 0 aliphatic heterocycles. The topological polar surface area (TPSA) is 75.4 Å². The van der Waals surface area contributed by atoms with Crippen molar-refractivity contribution in [1.82, 2.24) is 4.90 Å². The molecule has 0 bridgehead atoms. The van der Waals surface area contributed by atoms with Gasteiger partial charge in [0.05, 0.1) is 12.1 Å². The van der Waals surface area contributed by atoms with Crippen LogP contribution < -0.4 is 11.1 Å². The summed E-state index contributed by atoms with van der Waals surface area (Å²) < 4.78 is 0. The molecule has 2 amide bonds. The second-order valence-electron chi connectivity index (χ2n) is 5.39. The molecular formula is C15H23Cl2N3O2. The molecule has 0 aromatic heterocycles. The summed E-state index contributed by atoms with van der Waals surface area (Å²) in [6, 6.07) is 6.84. The van der Waals surface area contributed by atoms with Crippen LogP contribution in [0.15, 0.2) is 24.3 Å². The first-order valence-electron chi connectivity index (χ1n) is 6.86. The molecule has 3 N–H and O–H groups in total. The number of likely N-dealkylation sites (N-methyl/N-ethyl adjacent to an activating group) is 1. The van der Waals surface area contributed by atoms with Crippen molar-refractivity contribution in [2.45, 2.75) is 32.2 Å². The van der Waals surface area contributed by atoms with E-state index in [4.69, 9.17) is 17.3 Å².